The summed E-state index contributed by atoms with van der Waals surface area (Å²) in [5.41, 5.74) is 1.55. The van der Waals surface area contributed by atoms with Crippen LogP contribution in [0.1, 0.15) is 5.56 Å². The van der Waals surface area contributed by atoms with E-state index in [0.29, 0.717) is 20.9 Å². The molecular weight excluding hydrogens is 421 g/mol. The van der Waals surface area contributed by atoms with E-state index >= 15 is 0 Å². The summed E-state index contributed by atoms with van der Waals surface area (Å²) in [6, 6.07) is 12.0. The maximum atomic E-state index is 12.1. The van der Waals surface area contributed by atoms with Crippen LogP contribution in [0.3, 0.4) is 0 Å². The van der Waals surface area contributed by atoms with Gasteiger partial charge in [0.1, 0.15) is 11.4 Å². The maximum absolute atomic E-state index is 12.1. The number of ether oxygens (including phenoxy) is 1. The summed E-state index contributed by atoms with van der Waals surface area (Å²) < 4.78 is 5.10. The molecular formula is C19H15Cl2N3O3S. The van der Waals surface area contributed by atoms with Gasteiger partial charge in [0.25, 0.3) is 5.91 Å². The Labute approximate surface area is 176 Å². The topological polar surface area (TPSA) is 79.8 Å². The number of nitrogens with zero attached hydrogens (tertiary/aromatic N) is 1. The first-order valence-corrected chi connectivity index (χ1v) is 9.82. The summed E-state index contributed by atoms with van der Waals surface area (Å²) in [6.45, 7) is 0. The lowest BCUT2D eigenvalue weighted by Crippen LogP contribution is -2.24. The van der Waals surface area contributed by atoms with Gasteiger partial charge in [-0.1, -0.05) is 47.1 Å². The Balaban J connectivity index is 1.59. The van der Waals surface area contributed by atoms with Gasteiger partial charge in [0, 0.05) is 5.02 Å². The average molecular weight is 436 g/mol. The highest BCUT2D eigenvalue weighted by atomic mass is 35.5. The first-order valence-electron chi connectivity index (χ1n) is 8.08. The molecule has 2 aromatic rings. The van der Waals surface area contributed by atoms with Crippen molar-refractivity contribution in [3.8, 4) is 5.75 Å². The Morgan fingerprint density at radius 2 is 2.00 bits per heavy atom. The molecule has 1 aliphatic heterocycles. The third-order valence-electron chi connectivity index (χ3n) is 3.64. The molecule has 0 atom stereocenters. The van der Waals surface area contributed by atoms with E-state index in [1.807, 2.05) is 12.1 Å². The molecule has 0 fully saturated rings. The number of nitrogens with one attached hydrogen (secondary N) is 2. The third-order valence-corrected chi connectivity index (χ3v) is 5.06. The molecule has 144 valence electrons. The number of hydrogen-bond donors (Lipinski definition) is 2. The van der Waals surface area contributed by atoms with Crippen molar-refractivity contribution >= 4 is 63.7 Å². The second-order valence-corrected chi connectivity index (χ2v) is 7.44. The Hall–Kier alpha value is -2.48. The van der Waals surface area contributed by atoms with Gasteiger partial charge < -0.3 is 10.1 Å². The molecule has 9 heteroatoms. The molecule has 2 aromatic carbocycles. The zero-order chi connectivity index (χ0) is 20.1. The third kappa shape index (κ3) is 5.28. The first kappa shape index (κ1) is 20.3. The summed E-state index contributed by atoms with van der Waals surface area (Å²) in [7, 11) is 1.59. The molecule has 0 saturated carbocycles. The average Bonchev–Trinajstić information content (AvgIpc) is 3.02. The van der Waals surface area contributed by atoms with Crippen LogP contribution in [0.4, 0.5) is 5.69 Å². The van der Waals surface area contributed by atoms with Crippen LogP contribution in [0, 0.1) is 0 Å². The van der Waals surface area contributed by atoms with E-state index in [1.165, 1.54) is 0 Å². The molecule has 0 bridgehead atoms. The van der Waals surface area contributed by atoms with Crippen LogP contribution >= 0.6 is 35.0 Å². The molecule has 3 rings (SSSR count). The van der Waals surface area contributed by atoms with E-state index in [9.17, 15) is 9.59 Å². The molecule has 1 aliphatic rings. The molecule has 0 aliphatic carbocycles. The van der Waals surface area contributed by atoms with E-state index in [1.54, 1.807) is 43.5 Å². The van der Waals surface area contributed by atoms with Gasteiger partial charge in [-0.15, -0.1) is 0 Å². The summed E-state index contributed by atoms with van der Waals surface area (Å²) in [5, 5.41) is 6.53. The van der Waals surface area contributed by atoms with Gasteiger partial charge in [-0.3, -0.25) is 14.9 Å². The van der Waals surface area contributed by atoms with Crippen LogP contribution < -0.4 is 15.4 Å². The minimum Gasteiger partial charge on any atom is -0.497 e. The lowest BCUT2D eigenvalue weighted by molar-refractivity contribution is -0.116. The summed E-state index contributed by atoms with van der Waals surface area (Å²) in [4.78, 5) is 28.4. The smallest absolute Gasteiger partial charge is 0.275 e. The van der Waals surface area contributed by atoms with Crippen molar-refractivity contribution in [3.05, 3.63) is 63.8 Å². The van der Waals surface area contributed by atoms with Crippen LogP contribution in [-0.2, 0) is 9.59 Å². The van der Waals surface area contributed by atoms with Crippen molar-refractivity contribution in [1.82, 2.24) is 5.32 Å². The lowest BCUT2D eigenvalue weighted by Gasteiger charge is -2.07. The zero-order valence-electron chi connectivity index (χ0n) is 14.7. The fraction of sp³-hybridized carbons (Fsp3) is 0.105. The van der Waals surface area contributed by atoms with Crippen LogP contribution in [-0.4, -0.2) is 29.8 Å². The van der Waals surface area contributed by atoms with E-state index in [2.05, 4.69) is 15.6 Å². The minimum atomic E-state index is -0.320. The van der Waals surface area contributed by atoms with Gasteiger partial charge in [0.2, 0.25) is 5.91 Å². The summed E-state index contributed by atoms with van der Waals surface area (Å²) >= 11 is 13.0. The number of benzene rings is 2. The largest absolute Gasteiger partial charge is 0.497 e. The van der Waals surface area contributed by atoms with Gasteiger partial charge in [-0.05, 0) is 42.0 Å². The predicted molar refractivity (Wildman–Crippen MR) is 114 cm³/mol. The van der Waals surface area contributed by atoms with Gasteiger partial charge in [0.15, 0.2) is 5.17 Å². The maximum Gasteiger partial charge on any atom is 0.275 e. The van der Waals surface area contributed by atoms with Gasteiger partial charge >= 0.3 is 0 Å². The van der Waals surface area contributed by atoms with Crippen molar-refractivity contribution < 1.29 is 14.3 Å². The zero-order valence-corrected chi connectivity index (χ0v) is 17.0. The second kappa shape index (κ2) is 9.14. The van der Waals surface area contributed by atoms with Crippen LogP contribution in [0.5, 0.6) is 5.75 Å². The van der Waals surface area contributed by atoms with E-state index in [-0.39, 0.29) is 23.3 Å². The van der Waals surface area contributed by atoms with E-state index in [4.69, 9.17) is 27.9 Å². The number of amidine groups is 1. The molecule has 2 amide bonds. The number of halogens is 2. The Morgan fingerprint density at radius 1 is 1.25 bits per heavy atom. The number of amides is 2. The Kier molecular flexibility index (Phi) is 6.61. The fourth-order valence-corrected chi connectivity index (χ4v) is 3.41. The number of methoxy groups -OCH3 is 1. The number of anilines is 1. The highest BCUT2D eigenvalue weighted by Crippen LogP contribution is 2.25. The van der Waals surface area contributed by atoms with E-state index < -0.39 is 0 Å². The van der Waals surface area contributed by atoms with Crippen molar-refractivity contribution in [2.75, 3.05) is 18.2 Å². The summed E-state index contributed by atoms with van der Waals surface area (Å²) in [5.74, 6) is 0.191. The SMILES string of the molecule is COc1ccc(C=C2N=C(SCC(=O)Nc3ccc(Cl)cc3Cl)NC2=O)cc1. The number of hydrogen-bond acceptors (Lipinski definition) is 5. The highest BCUT2D eigenvalue weighted by Gasteiger charge is 2.21. The molecule has 0 aromatic heterocycles. The monoisotopic (exact) mass is 435 g/mol. The number of aliphatic imine (C=N–C) groups is 1. The van der Waals surface area contributed by atoms with E-state index in [0.717, 1.165) is 23.1 Å². The number of thioether (sulfide) groups is 1. The molecule has 0 unspecified atom stereocenters. The molecule has 28 heavy (non-hydrogen) atoms. The van der Waals surface area contributed by atoms with Crippen LogP contribution in [0.15, 0.2) is 53.2 Å². The molecule has 0 saturated heterocycles. The fourth-order valence-electron chi connectivity index (χ4n) is 2.28. The second-order valence-electron chi connectivity index (χ2n) is 5.63. The van der Waals surface area contributed by atoms with Crippen molar-refractivity contribution in [1.29, 1.82) is 0 Å². The number of carbonyl (C=O) groups excluding carboxylic acids is 2. The van der Waals surface area contributed by atoms with Crippen molar-refractivity contribution in [2.24, 2.45) is 4.99 Å². The van der Waals surface area contributed by atoms with Gasteiger partial charge in [-0.25, -0.2) is 4.99 Å². The normalized spacial score (nSPS) is 14.6. The standard InChI is InChI=1S/C19H15Cl2N3O3S/c1-27-13-5-2-11(3-6-13)8-16-18(26)24-19(23-16)28-10-17(25)22-15-7-4-12(20)9-14(15)21/h2-9H,10H2,1H3,(H,22,25)(H,23,24,26). The summed E-state index contributed by atoms with van der Waals surface area (Å²) in [6.07, 6.45) is 1.66. The Bertz CT molecular complexity index is 975. The first-order chi connectivity index (χ1) is 13.4. The molecule has 1 heterocycles. The van der Waals surface area contributed by atoms with Gasteiger partial charge in [0.05, 0.1) is 23.6 Å². The van der Waals surface area contributed by atoms with Crippen LogP contribution in [0.25, 0.3) is 6.08 Å². The number of rotatable bonds is 5. The Morgan fingerprint density at radius 3 is 2.68 bits per heavy atom. The molecule has 2 N–H and O–H groups in total. The minimum absolute atomic E-state index is 0.0634. The number of carbonyl (C=O) groups is 2. The highest BCUT2D eigenvalue weighted by molar-refractivity contribution is 8.14. The van der Waals surface area contributed by atoms with Gasteiger partial charge in [-0.2, -0.15) is 0 Å². The van der Waals surface area contributed by atoms with Crippen LogP contribution in [0.2, 0.25) is 10.0 Å². The van der Waals surface area contributed by atoms with Crippen molar-refractivity contribution in [2.45, 2.75) is 0 Å². The predicted octanol–water partition coefficient (Wildman–Crippen LogP) is 4.20. The molecule has 0 radical (unpaired) electrons. The van der Waals surface area contributed by atoms with Crippen molar-refractivity contribution in [3.63, 3.8) is 0 Å². The quantitative estimate of drug-likeness (QED) is 0.689. The lowest BCUT2D eigenvalue weighted by atomic mass is 10.2. The molecule has 0 spiro atoms. The molecule has 6 nitrogen and oxygen atoms in total.